The standard InChI is InChI=1S/C18H16N2O4/c1-2-24-13-7-5-11(6-8-13)16(21)14-15(20-18(23)17(14)22)12-4-3-9-19-10-12/h3-10,15,21H,2H2,1H3,(H,20,23)/b16-14+. The van der Waals surface area contributed by atoms with E-state index in [1.807, 2.05) is 6.92 Å². The topological polar surface area (TPSA) is 88.5 Å². The first-order chi connectivity index (χ1) is 11.6. The van der Waals surface area contributed by atoms with E-state index < -0.39 is 17.7 Å². The average Bonchev–Trinajstić information content (AvgIpc) is 2.91. The van der Waals surface area contributed by atoms with Gasteiger partial charge in [-0.15, -0.1) is 0 Å². The molecular weight excluding hydrogens is 308 g/mol. The summed E-state index contributed by atoms with van der Waals surface area (Å²) in [5.41, 5.74) is 1.09. The Labute approximate surface area is 138 Å². The predicted octanol–water partition coefficient (Wildman–Crippen LogP) is 2.19. The van der Waals surface area contributed by atoms with Crippen molar-refractivity contribution in [3.05, 3.63) is 65.5 Å². The van der Waals surface area contributed by atoms with E-state index in [-0.39, 0.29) is 11.3 Å². The van der Waals surface area contributed by atoms with Gasteiger partial charge in [-0.3, -0.25) is 14.6 Å². The summed E-state index contributed by atoms with van der Waals surface area (Å²) in [6.45, 7) is 2.41. The maximum atomic E-state index is 12.2. The summed E-state index contributed by atoms with van der Waals surface area (Å²) in [6, 6.07) is 9.41. The van der Waals surface area contributed by atoms with Crippen LogP contribution in [0.2, 0.25) is 0 Å². The maximum absolute atomic E-state index is 12.2. The zero-order valence-electron chi connectivity index (χ0n) is 13.0. The minimum atomic E-state index is -0.741. The van der Waals surface area contributed by atoms with Gasteiger partial charge in [-0.25, -0.2) is 0 Å². The summed E-state index contributed by atoms with van der Waals surface area (Å²) in [6.07, 6.45) is 3.15. The number of aliphatic hydroxyl groups excluding tert-OH is 1. The molecule has 1 aromatic heterocycles. The number of aromatic nitrogens is 1. The maximum Gasteiger partial charge on any atom is 0.293 e. The minimum Gasteiger partial charge on any atom is -0.507 e. The van der Waals surface area contributed by atoms with E-state index >= 15 is 0 Å². The minimum absolute atomic E-state index is 0.0251. The van der Waals surface area contributed by atoms with Crippen LogP contribution in [0.25, 0.3) is 5.76 Å². The van der Waals surface area contributed by atoms with Crippen molar-refractivity contribution in [1.82, 2.24) is 10.3 Å². The van der Waals surface area contributed by atoms with Gasteiger partial charge in [0.15, 0.2) is 0 Å². The lowest BCUT2D eigenvalue weighted by Crippen LogP contribution is -2.21. The first-order valence-corrected chi connectivity index (χ1v) is 7.53. The highest BCUT2D eigenvalue weighted by molar-refractivity contribution is 6.46. The highest BCUT2D eigenvalue weighted by Crippen LogP contribution is 2.32. The lowest BCUT2D eigenvalue weighted by atomic mass is 9.97. The number of nitrogens with one attached hydrogen (secondary N) is 1. The average molecular weight is 324 g/mol. The number of pyridine rings is 1. The number of aliphatic hydroxyl groups is 1. The zero-order chi connectivity index (χ0) is 17.1. The van der Waals surface area contributed by atoms with E-state index in [9.17, 15) is 14.7 Å². The molecule has 1 aliphatic rings. The molecule has 1 saturated heterocycles. The van der Waals surface area contributed by atoms with Gasteiger partial charge < -0.3 is 15.2 Å². The van der Waals surface area contributed by atoms with Gasteiger partial charge in [0.2, 0.25) is 0 Å². The zero-order valence-corrected chi connectivity index (χ0v) is 13.0. The van der Waals surface area contributed by atoms with Crippen molar-refractivity contribution in [3.63, 3.8) is 0 Å². The van der Waals surface area contributed by atoms with Crippen molar-refractivity contribution in [1.29, 1.82) is 0 Å². The Bertz CT molecular complexity index is 798. The van der Waals surface area contributed by atoms with Crippen molar-refractivity contribution < 1.29 is 19.4 Å². The molecule has 2 aromatic rings. The highest BCUT2D eigenvalue weighted by Gasteiger charge is 2.39. The number of ether oxygens (including phenoxy) is 1. The molecular formula is C18H16N2O4. The molecule has 1 unspecified atom stereocenters. The number of hydrogen-bond donors (Lipinski definition) is 2. The molecule has 24 heavy (non-hydrogen) atoms. The van der Waals surface area contributed by atoms with E-state index in [1.165, 1.54) is 0 Å². The summed E-state index contributed by atoms with van der Waals surface area (Å²) in [5, 5.41) is 13.1. The second-order valence-electron chi connectivity index (χ2n) is 5.24. The summed E-state index contributed by atoms with van der Waals surface area (Å²) in [5.74, 6) is -1.04. The molecule has 1 aliphatic heterocycles. The third kappa shape index (κ3) is 2.86. The highest BCUT2D eigenvalue weighted by atomic mass is 16.5. The molecule has 6 heteroatoms. The number of hydrogen-bond acceptors (Lipinski definition) is 5. The molecule has 1 fully saturated rings. The summed E-state index contributed by atoms with van der Waals surface area (Å²) >= 11 is 0. The Morgan fingerprint density at radius 1 is 1.25 bits per heavy atom. The molecule has 1 atom stereocenters. The lowest BCUT2D eigenvalue weighted by molar-refractivity contribution is -0.133. The van der Waals surface area contributed by atoms with Gasteiger partial charge in [0.1, 0.15) is 11.5 Å². The van der Waals surface area contributed by atoms with Crippen molar-refractivity contribution >= 4 is 17.4 Å². The molecule has 0 radical (unpaired) electrons. The third-order valence-electron chi connectivity index (χ3n) is 3.73. The van der Waals surface area contributed by atoms with Crippen LogP contribution < -0.4 is 10.1 Å². The quantitative estimate of drug-likeness (QED) is 0.511. The predicted molar refractivity (Wildman–Crippen MR) is 87.3 cm³/mol. The second-order valence-corrected chi connectivity index (χ2v) is 5.24. The van der Waals surface area contributed by atoms with Crippen LogP contribution in [-0.2, 0) is 9.59 Å². The first-order valence-electron chi connectivity index (χ1n) is 7.53. The molecule has 1 aromatic carbocycles. The van der Waals surface area contributed by atoms with E-state index in [0.717, 1.165) is 0 Å². The van der Waals surface area contributed by atoms with Gasteiger partial charge in [0.25, 0.3) is 11.7 Å². The van der Waals surface area contributed by atoms with Gasteiger partial charge in [0, 0.05) is 18.0 Å². The largest absolute Gasteiger partial charge is 0.507 e. The Kier molecular flexibility index (Phi) is 4.29. The number of amides is 1. The van der Waals surface area contributed by atoms with Gasteiger partial charge in [-0.1, -0.05) is 6.07 Å². The van der Waals surface area contributed by atoms with E-state index in [0.29, 0.717) is 23.5 Å². The number of carbonyl (C=O) groups is 2. The molecule has 0 saturated carbocycles. The fraction of sp³-hybridized carbons (Fsp3) is 0.167. The number of rotatable bonds is 4. The lowest BCUT2D eigenvalue weighted by Gasteiger charge is -2.13. The molecule has 122 valence electrons. The number of Topliss-reactive ketones (excluding diaryl/α,β-unsaturated/α-hetero) is 1. The van der Waals surface area contributed by atoms with Gasteiger partial charge in [0.05, 0.1) is 18.2 Å². The van der Waals surface area contributed by atoms with Crippen LogP contribution in [0.1, 0.15) is 24.1 Å². The Balaban J connectivity index is 2.03. The molecule has 0 spiro atoms. The van der Waals surface area contributed by atoms with Crippen molar-refractivity contribution in [3.8, 4) is 5.75 Å². The number of ketones is 1. The van der Waals surface area contributed by atoms with E-state index in [2.05, 4.69) is 10.3 Å². The van der Waals surface area contributed by atoms with Crippen LogP contribution in [0, 0.1) is 0 Å². The third-order valence-corrected chi connectivity index (χ3v) is 3.73. The molecule has 3 rings (SSSR count). The Morgan fingerprint density at radius 3 is 2.62 bits per heavy atom. The Morgan fingerprint density at radius 2 is 2.00 bits per heavy atom. The molecule has 0 aliphatic carbocycles. The van der Waals surface area contributed by atoms with Gasteiger partial charge in [-0.05, 0) is 42.8 Å². The summed E-state index contributed by atoms with van der Waals surface area (Å²) in [7, 11) is 0. The van der Waals surface area contributed by atoms with Crippen molar-refractivity contribution in [2.45, 2.75) is 13.0 Å². The van der Waals surface area contributed by atoms with Crippen molar-refractivity contribution in [2.24, 2.45) is 0 Å². The first kappa shape index (κ1) is 15.7. The van der Waals surface area contributed by atoms with Gasteiger partial charge in [-0.2, -0.15) is 0 Å². The van der Waals surface area contributed by atoms with Crippen LogP contribution in [-0.4, -0.2) is 28.4 Å². The Hall–Kier alpha value is -3.15. The molecule has 0 bridgehead atoms. The molecule has 2 N–H and O–H groups in total. The SMILES string of the molecule is CCOc1ccc(/C(O)=C2\C(=O)C(=O)NC2c2cccnc2)cc1. The molecule has 2 heterocycles. The number of carbonyl (C=O) groups excluding carboxylic acids is 2. The van der Waals surface area contributed by atoms with E-state index in [4.69, 9.17) is 4.74 Å². The van der Waals surface area contributed by atoms with Crippen LogP contribution in [0.4, 0.5) is 0 Å². The fourth-order valence-electron chi connectivity index (χ4n) is 2.59. The number of nitrogens with zero attached hydrogens (tertiary/aromatic N) is 1. The van der Waals surface area contributed by atoms with E-state index in [1.54, 1.807) is 48.8 Å². The second kappa shape index (κ2) is 6.54. The van der Waals surface area contributed by atoms with Crippen LogP contribution >= 0.6 is 0 Å². The summed E-state index contributed by atoms with van der Waals surface area (Å²) in [4.78, 5) is 28.0. The monoisotopic (exact) mass is 324 g/mol. The molecule has 1 amide bonds. The summed E-state index contributed by atoms with van der Waals surface area (Å²) < 4.78 is 5.36. The van der Waals surface area contributed by atoms with Gasteiger partial charge >= 0.3 is 0 Å². The van der Waals surface area contributed by atoms with Crippen LogP contribution in [0.3, 0.4) is 0 Å². The normalized spacial score (nSPS) is 19.1. The molecule has 6 nitrogen and oxygen atoms in total. The smallest absolute Gasteiger partial charge is 0.293 e. The van der Waals surface area contributed by atoms with Crippen LogP contribution in [0.15, 0.2) is 54.4 Å². The fourth-order valence-corrected chi connectivity index (χ4v) is 2.59. The van der Waals surface area contributed by atoms with Crippen LogP contribution in [0.5, 0.6) is 5.75 Å². The number of benzene rings is 1. The van der Waals surface area contributed by atoms with Crippen molar-refractivity contribution in [2.75, 3.05) is 6.61 Å².